The van der Waals surface area contributed by atoms with Crippen LogP contribution in [0.3, 0.4) is 0 Å². The summed E-state index contributed by atoms with van der Waals surface area (Å²) in [4.78, 5) is 34.8. The molecule has 3 amide bonds. The molecule has 0 saturated carbocycles. The first kappa shape index (κ1) is 18.3. The average Bonchev–Trinajstić information content (AvgIpc) is 2.56. The number of rotatable bonds is 7. The first-order valence-corrected chi connectivity index (χ1v) is 6.99. The van der Waals surface area contributed by atoms with Crippen molar-refractivity contribution in [3.8, 4) is 11.5 Å². The molecule has 0 unspecified atom stereocenters. The second-order valence-corrected chi connectivity index (χ2v) is 4.42. The Bertz CT molecular complexity index is 573. The predicted molar refractivity (Wildman–Crippen MR) is 81.7 cm³/mol. The third-order valence-electron chi connectivity index (χ3n) is 2.75. The number of carbonyl (C=O) groups is 3. The zero-order valence-electron chi connectivity index (χ0n) is 13.3. The number of hydrogen-bond donors (Lipinski definition) is 2. The van der Waals surface area contributed by atoms with Crippen molar-refractivity contribution in [1.29, 1.82) is 0 Å². The second-order valence-electron chi connectivity index (χ2n) is 4.42. The van der Waals surface area contributed by atoms with Crippen LogP contribution in [0.2, 0.25) is 0 Å². The van der Waals surface area contributed by atoms with Gasteiger partial charge in [-0.25, -0.2) is 9.59 Å². The van der Waals surface area contributed by atoms with Crippen LogP contribution in [-0.4, -0.2) is 45.3 Å². The van der Waals surface area contributed by atoms with Crippen LogP contribution in [0.1, 0.15) is 23.7 Å². The molecule has 0 aliphatic heterocycles. The maximum atomic E-state index is 12.0. The van der Waals surface area contributed by atoms with Crippen LogP contribution >= 0.6 is 0 Å². The number of amides is 3. The van der Waals surface area contributed by atoms with Gasteiger partial charge < -0.3 is 19.5 Å². The number of benzene rings is 1. The van der Waals surface area contributed by atoms with Gasteiger partial charge in [0.25, 0.3) is 5.91 Å². The van der Waals surface area contributed by atoms with Gasteiger partial charge in [-0.15, -0.1) is 0 Å². The molecule has 1 rings (SSSR count). The highest BCUT2D eigenvalue weighted by Gasteiger charge is 2.19. The number of urea groups is 1. The van der Waals surface area contributed by atoms with E-state index in [0.29, 0.717) is 12.3 Å². The number of hydrogen-bond acceptors (Lipinski definition) is 6. The Morgan fingerprint density at radius 1 is 1.13 bits per heavy atom. The summed E-state index contributed by atoms with van der Waals surface area (Å²) in [5.41, 5.74) is 0.120. The van der Waals surface area contributed by atoms with Gasteiger partial charge in [0.1, 0.15) is 5.56 Å². The first-order chi connectivity index (χ1) is 11.0. The molecule has 0 fully saturated rings. The molecule has 0 aliphatic carbocycles. The third kappa shape index (κ3) is 5.50. The van der Waals surface area contributed by atoms with E-state index < -0.39 is 24.5 Å². The van der Waals surface area contributed by atoms with Gasteiger partial charge in [0.2, 0.25) is 0 Å². The van der Waals surface area contributed by atoms with E-state index in [2.05, 4.69) is 10.6 Å². The Morgan fingerprint density at radius 3 is 2.48 bits per heavy atom. The van der Waals surface area contributed by atoms with Gasteiger partial charge in [0.15, 0.2) is 18.1 Å². The minimum Gasteiger partial charge on any atom is -0.493 e. The van der Waals surface area contributed by atoms with E-state index in [0.717, 1.165) is 6.42 Å². The van der Waals surface area contributed by atoms with Gasteiger partial charge in [-0.1, -0.05) is 13.0 Å². The molecule has 0 radical (unpaired) electrons. The highest BCUT2D eigenvalue weighted by Crippen LogP contribution is 2.30. The zero-order chi connectivity index (χ0) is 17.2. The predicted octanol–water partition coefficient (Wildman–Crippen LogP) is 1.10. The van der Waals surface area contributed by atoms with Gasteiger partial charge in [0, 0.05) is 6.54 Å². The molecule has 8 nitrogen and oxygen atoms in total. The minimum absolute atomic E-state index is 0.120. The third-order valence-corrected chi connectivity index (χ3v) is 2.75. The summed E-state index contributed by atoms with van der Waals surface area (Å²) in [6, 6.07) is 4.07. The molecule has 0 saturated heterocycles. The lowest BCUT2D eigenvalue weighted by Gasteiger charge is -2.12. The molecule has 23 heavy (non-hydrogen) atoms. The highest BCUT2D eigenvalue weighted by molar-refractivity contribution is 5.98. The fourth-order valence-corrected chi connectivity index (χ4v) is 1.70. The number of ether oxygens (including phenoxy) is 3. The van der Waals surface area contributed by atoms with Gasteiger partial charge in [-0.05, 0) is 18.6 Å². The number of nitrogens with one attached hydrogen (secondary N) is 2. The fourth-order valence-electron chi connectivity index (χ4n) is 1.70. The van der Waals surface area contributed by atoms with Gasteiger partial charge in [0.05, 0.1) is 14.2 Å². The number of para-hydroxylation sites is 1. The van der Waals surface area contributed by atoms with Gasteiger partial charge in [-0.2, -0.15) is 0 Å². The molecule has 0 heterocycles. The standard InChI is InChI=1S/C15H20N2O6/c1-4-8-16-15(20)17-12(18)9-23-14(19)10-6-5-7-11(21-2)13(10)22-3/h5-7H,4,8-9H2,1-3H3,(H2,16,17,18,20). The molecule has 0 aliphatic rings. The van der Waals surface area contributed by atoms with Crippen LogP contribution < -0.4 is 20.1 Å². The smallest absolute Gasteiger partial charge is 0.342 e. The van der Waals surface area contributed by atoms with Crippen molar-refractivity contribution < 1.29 is 28.6 Å². The summed E-state index contributed by atoms with van der Waals surface area (Å²) in [5, 5.41) is 4.52. The van der Waals surface area contributed by atoms with Crippen molar-refractivity contribution in [1.82, 2.24) is 10.6 Å². The molecule has 0 atom stereocenters. The van der Waals surface area contributed by atoms with Crippen LogP contribution in [0, 0.1) is 0 Å². The Morgan fingerprint density at radius 2 is 1.87 bits per heavy atom. The van der Waals surface area contributed by atoms with Crippen LogP contribution in [0.4, 0.5) is 4.79 Å². The summed E-state index contributed by atoms with van der Waals surface area (Å²) in [7, 11) is 2.83. The van der Waals surface area contributed by atoms with E-state index in [1.165, 1.54) is 20.3 Å². The lowest BCUT2D eigenvalue weighted by Crippen LogP contribution is -2.41. The average molecular weight is 324 g/mol. The van der Waals surface area contributed by atoms with Crippen LogP contribution in [0.25, 0.3) is 0 Å². The summed E-state index contributed by atoms with van der Waals surface area (Å²) in [6.45, 7) is 1.74. The molecule has 0 spiro atoms. The van der Waals surface area contributed by atoms with Crippen LogP contribution in [0.15, 0.2) is 18.2 Å². The SMILES string of the molecule is CCCNC(=O)NC(=O)COC(=O)c1cccc(OC)c1OC. The highest BCUT2D eigenvalue weighted by atomic mass is 16.5. The van der Waals surface area contributed by atoms with Crippen molar-refractivity contribution in [2.45, 2.75) is 13.3 Å². The van der Waals surface area contributed by atoms with Crippen molar-refractivity contribution in [2.24, 2.45) is 0 Å². The Balaban J connectivity index is 2.60. The lowest BCUT2D eigenvalue weighted by molar-refractivity contribution is -0.123. The van der Waals surface area contributed by atoms with Crippen molar-refractivity contribution in [3.05, 3.63) is 23.8 Å². The monoisotopic (exact) mass is 324 g/mol. The molecular weight excluding hydrogens is 304 g/mol. The number of carbonyl (C=O) groups excluding carboxylic acids is 3. The van der Waals surface area contributed by atoms with E-state index in [4.69, 9.17) is 14.2 Å². The number of methoxy groups -OCH3 is 2. The zero-order valence-corrected chi connectivity index (χ0v) is 13.3. The largest absolute Gasteiger partial charge is 0.493 e. The van der Waals surface area contributed by atoms with Crippen LogP contribution in [0.5, 0.6) is 11.5 Å². The summed E-state index contributed by atoms with van der Waals surface area (Å²) < 4.78 is 15.1. The Hall–Kier alpha value is -2.77. The first-order valence-electron chi connectivity index (χ1n) is 6.99. The fraction of sp³-hybridized carbons (Fsp3) is 0.400. The minimum atomic E-state index is -0.759. The van der Waals surface area contributed by atoms with E-state index in [-0.39, 0.29) is 11.3 Å². The summed E-state index contributed by atoms with van der Waals surface area (Å²) >= 11 is 0. The summed E-state index contributed by atoms with van der Waals surface area (Å²) in [5.74, 6) is -0.912. The Labute approximate surface area is 134 Å². The number of imide groups is 1. The maximum absolute atomic E-state index is 12.0. The summed E-state index contributed by atoms with van der Waals surface area (Å²) in [6.07, 6.45) is 0.742. The Kier molecular flexibility index (Phi) is 7.38. The maximum Gasteiger partial charge on any atom is 0.342 e. The molecule has 1 aromatic carbocycles. The van der Waals surface area contributed by atoms with Crippen LogP contribution in [-0.2, 0) is 9.53 Å². The molecular formula is C15H20N2O6. The number of esters is 1. The van der Waals surface area contributed by atoms with Crippen molar-refractivity contribution in [3.63, 3.8) is 0 Å². The topological polar surface area (TPSA) is 103 Å². The van der Waals surface area contributed by atoms with Gasteiger partial charge >= 0.3 is 12.0 Å². The molecule has 2 N–H and O–H groups in total. The van der Waals surface area contributed by atoms with E-state index in [1.54, 1.807) is 12.1 Å². The molecule has 1 aromatic rings. The lowest BCUT2D eigenvalue weighted by atomic mass is 10.2. The second kappa shape index (κ2) is 9.29. The van der Waals surface area contributed by atoms with Crippen molar-refractivity contribution in [2.75, 3.05) is 27.4 Å². The van der Waals surface area contributed by atoms with Crippen molar-refractivity contribution >= 4 is 17.9 Å². The van der Waals surface area contributed by atoms with E-state index in [9.17, 15) is 14.4 Å². The normalized spacial score (nSPS) is 9.70. The van der Waals surface area contributed by atoms with E-state index >= 15 is 0 Å². The molecule has 0 aromatic heterocycles. The molecule has 0 bridgehead atoms. The quantitative estimate of drug-likeness (QED) is 0.728. The molecule has 126 valence electrons. The van der Waals surface area contributed by atoms with E-state index in [1.807, 2.05) is 6.92 Å². The van der Waals surface area contributed by atoms with Gasteiger partial charge in [-0.3, -0.25) is 10.1 Å². The molecule has 8 heteroatoms.